The molecule has 7 nitrogen and oxygen atoms in total. The Labute approximate surface area is 104 Å². The van der Waals surface area contributed by atoms with E-state index in [0.717, 1.165) is 11.3 Å². The normalized spacial score (nSPS) is 11.0. The van der Waals surface area contributed by atoms with Crippen molar-refractivity contribution in [3.63, 3.8) is 0 Å². The predicted octanol–water partition coefficient (Wildman–Crippen LogP) is 0.618. The van der Waals surface area contributed by atoms with Crippen LogP contribution in [0.5, 0.6) is 0 Å². The molecule has 0 fully saturated rings. The first-order valence-electron chi connectivity index (χ1n) is 5.37. The average molecular weight is 249 g/mol. The quantitative estimate of drug-likeness (QED) is 0.603. The van der Waals surface area contributed by atoms with E-state index in [-0.39, 0.29) is 12.7 Å². The summed E-state index contributed by atoms with van der Waals surface area (Å²) in [6, 6.07) is 1.86. The van der Waals surface area contributed by atoms with Crippen LogP contribution in [0, 0.1) is 6.92 Å². The zero-order valence-electron chi connectivity index (χ0n) is 10.3. The second-order valence-electron chi connectivity index (χ2n) is 3.83. The van der Waals surface area contributed by atoms with Gasteiger partial charge in [-0.2, -0.15) is 9.97 Å². The molecule has 0 atom stereocenters. The van der Waals surface area contributed by atoms with Crippen LogP contribution in [0.25, 0.3) is 11.0 Å². The number of anilines is 2. The molecule has 0 radical (unpaired) electrons. The molecule has 0 bridgehead atoms. The maximum Gasteiger partial charge on any atom is 0.224 e. The number of hydrogen-bond donors (Lipinski definition) is 2. The van der Waals surface area contributed by atoms with Crippen molar-refractivity contribution in [2.24, 2.45) is 0 Å². The average Bonchev–Trinajstić information content (AvgIpc) is 2.30. The first-order chi connectivity index (χ1) is 8.61. The Morgan fingerprint density at radius 3 is 2.72 bits per heavy atom. The molecule has 0 saturated carbocycles. The molecule has 2 aromatic rings. The zero-order valence-corrected chi connectivity index (χ0v) is 10.3. The van der Waals surface area contributed by atoms with Crippen molar-refractivity contribution in [3.8, 4) is 0 Å². The van der Waals surface area contributed by atoms with Crippen molar-refractivity contribution in [1.82, 2.24) is 15.0 Å². The smallest absolute Gasteiger partial charge is 0.224 e. The summed E-state index contributed by atoms with van der Waals surface area (Å²) in [7, 11) is 1.57. The largest absolute Gasteiger partial charge is 0.383 e. The van der Waals surface area contributed by atoms with Crippen molar-refractivity contribution in [1.29, 1.82) is 0 Å². The van der Waals surface area contributed by atoms with Gasteiger partial charge in [-0.25, -0.2) is 4.98 Å². The minimum Gasteiger partial charge on any atom is -0.383 e. The van der Waals surface area contributed by atoms with Crippen LogP contribution in [0.1, 0.15) is 11.3 Å². The summed E-state index contributed by atoms with van der Waals surface area (Å²) in [5.74, 6) is 0.438. The van der Waals surface area contributed by atoms with Gasteiger partial charge in [0.25, 0.3) is 0 Å². The van der Waals surface area contributed by atoms with Crippen LogP contribution in [0.4, 0.5) is 11.8 Å². The highest BCUT2D eigenvalue weighted by Crippen LogP contribution is 2.20. The number of hydrogen-bond acceptors (Lipinski definition) is 7. The van der Waals surface area contributed by atoms with Gasteiger partial charge in [-0.05, 0) is 18.6 Å². The fourth-order valence-electron chi connectivity index (χ4n) is 1.61. The Balaban J connectivity index is 2.41. The number of nitrogen functional groups attached to an aromatic ring is 2. The van der Waals surface area contributed by atoms with E-state index < -0.39 is 0 Å². The van der Waals surface area contributed by atoms with E-state index in [1.54, 1.807) is 7.11 Å². The van der Waals surface area contributed by atoms with E-state index in [2.05, 4.69) is 15.0 Å². The molecule has 0 aliphatic carbocycles. The highest BCUT2D eigenvalue weighted by Gasteiger charge is 2.09. The van der Waals surface area contributed by atoms with Gasteiger partial charge in [0.05, 0.1) is 12.0 Å². The maximum atomic E-state index is 5.79. The molecule has 0 saturated heterocycles. The van der Waals surface area contributed by atoms with Crippen LogP contribution in [-0.2, 0) is 16.1 Å². The number of methoxy groups -OCH3 is 1. The van der Waals surface area contributed by atoms with Gasteiger partial charge < -0.3 is 20.9 Å². The van der Waals surface area contributed by atoms with Crippen LogP contribution in [-0.4, -0.2) is 28.9 Å². The fourth-order valence-corrected chi connectivity index (χ4v) is 1.61. The highest BCUT2D eigenvalue weighted by atomic mass is 16.7. The lowest BCUT2D eigenvalue weighted by atomic mass is 10.1. The first-order valence-corrected chi connectivity index (χ1v) is 5.37. The number of nitrogens with zero attached hydrogens (tertiary/aromatic N) is 3. The molecule has 4 N–H and O–H groups in total. The first kappa shape index (κ1) is 12.5. The fraction of sp³-hybridized carbons (Fsp3) is 0.364. The number of nitrogens with two attached hydrogens (primary N) is 2. The molecule has 0 aliphatic heterocycles. The van der Waals surface area contributed by atoms with Crippen molar-refractivity contribution in [3.05, 3.63) is 17.3 Å². The molecule has 0 aliphatic rings. The molecular weight excluding hydrogens is 234 g/mol. The van der Waals surface area contributed by atoms with E-state index >= 15 is 0 Å². The molecular formula is C11H15N5O2. The lowest BCUT2D eigenvalue weighted by Gasteiger charge is -2.09. The molecule has 96 valence electrons. The highest BCUT2D eigenvalue weighted by molar-refractivity contribution is 5.86. The predicted molar refractivity (Wildman–Crippen MR) is 67.6 cm³/mol. The SMILES string of the molecule is COCOCc1cc2c(N)nc(N)nc2nc1C. The molecule has 2 heterocycles. The minimum absolute atomic E-state index is 0.121. The summed E-state index contributed by atoms with van der Waals surface area (Å²) in [6.07, 6.45) is 0. The summed E-state index contributed by atoms with van der Waals surface area (Å²) in [5, 5.41) is 0.672. The van der Waals surface area contributed by atoms with Gasteiger partial charge in [-0.3, -0.25) is 0 Å². The van der Waals surface area contributed by atoms with Crippen molar-refractivity contribution >= 4 is 22.8 Å². The van der Waals surface area contributed by atoms with E-state index in [4.69, 9.17) is 20.9 Å². The third-order valence-electron chi connectivity index (χ3n) is 2.49. The molecule has 0 unspecified atom stereocenters. The molecule has 0 amide bonds. The van der Waals surface area contributed by atoms with Gasteiger partial charge in [0, 0.05) is 12.8 Å². The second-order valence-corrected chi connectivity index (χ2v) is 3.83. The van der Waals surface area contributed by atoms with Gasteiger partial charge in [-0.1, -0.05) is 0 Å². The molecule has 0 aromatic carbocycles. The van der Waals surface area contributed by atoms with Crippen LogP contribution in [0.2, 0.25) is 0 Å². The van der Waals surface area contributed by atoms with Crippen molar-refractivity contribution < 1.29 is 9.47 Å². The molecule has 7 heteroatoms. The monoisotopic (exact) mass is 249 g/mol. The lowest BCUT2D eigenvalue weighted by Crippen LogP contribution is -2.05. The van der Waals surface area contributed by atoms with Gasteiger partial charge >= 0.3 is 0 Å². The van der Waals surface area contributed by atoms with Crippen LogP contribution in [0.15, 0.2) is 6.07 Å². The number of aryl methyl sites for hydroxylation is 1. The Morgan fingerprint density at radius 2 is 2.00 bits per heavy atom. The Bertz CT molecular complexity index is 573. The van der Waals surface area contributed by atoms with Crippen LogP contribution in [0.3, 0.4) is 0 Å². The van der Waals surface area contributed by atoms with Gasteiger partial charge in [0.1, 0.15) is 12.6 Å². The molecule has 2 rings (SSSR count). The van der Waals surface area contributed by atoms with Crippen LogP contribution < -0.4 is 11.5 Å². The Hall–Kier alpha value is -1.99. The molecule has 2 aromatic heterocycles. The van der Waals surface area contributed by atoms with Crippen molar-refractivity contribution in [2.45, 2.75) is 13.5 Å². The third-order valence-corrected chi connectivity index (χ3v) is 2.49. The zero-order chi connectivity index (χ0) is 13.1. The van der Waals surface area contributed by atoms with E-state index in [0.29, 0.717) is 23.5 Å². The van der Waals surface area contributed by atoms with E-state index in [9.17, 15) is 0 Å². The molecule has 18 heavy (non-hydrogen) atoms. The number of fused-ring (bicyclic) bond motifs is 1. The molecule has 0 spiro atoms. The third kappa shape index (κ3) is 2.47. The Morgan fingerprint density at radius 1 is 1.22 bits per heavy atom. The maximum absolute atomic E-state index is 5.79. The minimum atomic E-state index is 0.121. The number of rotatable bonds is 4. The van der Waals surface area contributed by atoms with Crippen molar-refractivity contribution in [2.75, 3.05) is 25.4 Å². The van der Waals surface area contributed by atoms with Gasteiger partial charge in [-0.15, -0.1) is 0 Å². The van der Waals surface area contributed by atoms with Gasteiger partial charge in [0.15, 0.2) is 5.65 Å². The summed E-state index contributed by atoms with van der Waals surface area (Å²) < 4.78 is 10.1. The van der Waals surface area contributed by atoms with E-state index in [1.807, 2.05) is 13.0 Å². The number of aromatic nitrogens is 3. The number of pyridine rings is 1. The summed E-state index contributed by atoms with van der Waals surface area (Å²) in [6.45, 7) is 2.50. The van der Waals surface area contributed by atoms with Crippen LogP contribution >= 0.6 is 0 Å². The van der Waals surface area contributed by atoms with Gasteiger partial charge in [0.2, 0.25) is 5.95 Å². The summed E-state index contributed by atoms with van der Waals surface area (Å²) in [5.41, 5.74) is 13.5. The standard InChI is InChI=1S/C11H15N5O2/c1-6-7(4-18-5-17-2)3-8-9(12)15-11(13)16-10(8)14-6/h3H,4-5H2,1-2H3,(H4,12,13,14,15,16). The number of ether oxygens (including phenoxy) is 2. The second kappa shape index (κ2) is 5.11. The topological polar surface area (TPSA) is 109 Å². The summed E-state index contributed by atoms with van der Waals surface area (Å²) >= 11 is 0. The summed E-state index contributed by atoms with van der Waals surface area (Å²) in [4.78, 5) is 12.3. The van der Waals surface area contributed by atoms with E-state index in [1.165, 1.54) is 0 Å². The lowest BCUT2D eigenvalue weighted by molar-refractivity contribution is -0.0392. The Kier molecular flexibility index (Phi) is 3.54.